The third kappa shape index (κ3) is 6.50. The van der Waals surface area contributed by atoms with E-state index >= 15 is 0 Å². The molecule has 7 nitrogen and oxygen atoms in total. The van der Waals surface area contributed by atoms with E-state index in [0.717, 1.165) is 29.5 Å². The van der Waals surface area contributed by atoms with E-state index in [1.54, 1.807) is 6.92 Å². The Hall–Kier alpha value is -2.38. The highest BCUT2D eigenvalue weighted by molar-refractivity contribution is 5.98. The lowest BCUT2D eigenvalue weighted by Gasteiger charge is -2.19. The number of hydrogen-bond acceptors (Lipinski definition) is 5. The maximum atomic E-state index is 12.0. The van der Waals surface area contributed by atoms with Gasteiger partial charge in [-0.25, -0.2) is 5.84 Å². The lowest BCUT2D eigenvalue weighted by molar-refractivity contribution is -0.122. The predicted molar refractivity (Wildman–Crippen MR) is 105 cm³/mol. The number of nitrogens with one attached hydrogen (secondary N) is 2. The fourth-order valence-electron chi connectivity index (χ4n) is 2.44. The number of amidine groups is 1. The normalized spacial score (nSPS) is 14.9. The summed E-state index contributed by atoms with van der Waals surface area (Å²) in [7, 11) is 0. The highest BCUT2D eigenvalue weighted by Gasteiger charge is 2.45. The van der Waals surface area contributed by atoms with Crippen molar-refractivity contribution in [1.82, 2.24) is 10.7 Å². The largest absolute Gasteiger partial charge is 0.392 e. The Bertz CT molecular complexity index is 634. The molecule has 0 spiro atoms. The van der Waals surface area contributed by atoms with Gasteiger partial charge in [-0.3, -0.25) is 4.79 Å². The first-order valence-corrected chi connectivity index (χ1v) is 8.69. The molecule has 0 bridgehead atoms. The van der Waals surface area contributed by atoms with Crippen molar-refractivity contribution in [3.8, 4) is 0 Å². The fraction of sp³-hybridized carbons (Fsp3) is 0.474. The molecular formula is C19H31N5O2. The number of nitrogens with two attached hydrogens (primary N) is 2. The highest BCUT2D eigenvalue weighted by atomic mass is 16.3. The van der Waals surface area contributed by atoms with Gasteiger partial charge in [0.05, 0.1) is 12.1 Å². The van der Waals surface area contributed by atoms with Gasteiger partial charge in [0.15, 0.2) is 5.84 Å². The number of hydrazone groups is 1. The van der Waals surface area contributed by atoms with Crippen molar-refractivity contribution in [2.24, 2.45) is 22.7 Å². The SMILES string of the molecule is C=C(C)CO.CC(C)CC(=O)NC1(c2ccc(/C(=N/N)NN)cc2)CC1. The minimum absolute atomic E-state index is 0.111. The van der Waals surface area contributed by atoms with Crippen LogP contribution in [0.15, 0.2) is 41.5 Å². The summed E-state index contributed by atoms with van der Waals surface area (Å²) in [5.41, 5.74) is 4.99. The van der Waals surface area contributed by atoms with Crippen molar-refractivity contribution < 1.29 is 9.90 Å². The smallest absolute Gasteiger partial charge is 0.220 e. The predicted octanol–water partition coefficient (Wildman–Crippen LogP) is 1.48. The number of hydrogen-bond donors (Lipinski definition) is 5. The van der Waals surface area contributed by atoms with E-state index in [4.69, 9.17) is 16.8 Å². The van der Waals surface area contributed by atoms with Crippen molar-refractivity contribution >= 4 is 11.7 Å². The van der Waals surface area contributed by atoms with E-state index < -0.39 is 0 Å². The van der Waals surface area contributed by atoms with Crippen molar-refractivity contribution in [2.75, 3.05) is 6.61 Å². The van der Waals surface area contributed by atoms with Crippen LogP contribution in [-0.4, -0.2) is 23.5 Å². The average molecular weight is 361 g/mol. The van der Waals surface area contributed by atoms with Crippen molar-refractivity contribution in [3.63, 3.8) is 0 Å². The number of nitrogens with zero attached hydrogens (tertiary/aromatic N) is 1. The Labute approximate surface area is 155 Å². The zero-order valence-electron chi connectivity index (χ0n) is 15.9. The summed E-state index contributed by atoms with van der Waals surface area (Å²) in [5, 5.41) is 14.8. The van der Waals surface area contributed by atoms with E-state index in [0.29, 0.717) is 18.2 Å². The Morgan fingerprint density at radius 3 is 2.23 bits per heavy atom. The minimum atomic E-state index is -0.194. The molecule has 7 heteroatoms. The molecule has 0 unspecified atom stereocenters. The molecule has 0 radical (unpaired) electrons. The Balaban J connectivity index is 0.000000597. The van der Waals surface area contributed by atoms with Crippen LogP contribution in [0, 0.1) is 5.92 Å². The van der Waals surface area contributed by atoms with Gasteiger partial charge in [0.2, 0.25) is 5.91 Å². The minimum Gasteiger partial charge on any atom is -0.392 e. The number of aliphatic hydroxyl groups excluding tert-OH is 1. The molecule has 0 aliphatic heterocycles. The number of rotatable bonds is 6. The molecule has 1 saturated carbocycles. The van der Waals surface area contributed by atoms with Gasteiger partial charge in [-0.05, 0) is 31.2 Å². The van der Waals surface area contributed by atoms with Crippen LogP contribution in [0.5, 0.6) is 0 Å². The standard InChI is InChI=1S/C15H23N5O.C4H8O/c1-10(2)9-13(21)18-15(7-8-15)12-5-3-11(4-6-12)14(19-16)20-17;1-4(2)3-5/h3-6,10H,7-9,16-17H2,1-2H3,(H,18,21)(H,19,20);5H,1,3H2,2H3. The molecule has 1 fully saturated rings. The number of carbonyl (C=O) groups excluding carboxylic acids is 1. The van der Waals surface area contributed by atoms with Crippen LogP contribution in [0.4, 0.5) is 0 Å². The fourth-order valence-corrected chi connectivity index (χ4v) is 2.44. The van der Waals surface area contributed by atoms with Crippen LogP contribution in [0.1, 0.15) is 51.2 Å². The Morgan fingerprint density at radius 1 is 1.35 bits per heavy atom. The molecule has 2 rings (SSSR count). The molecule has 1 amide bonds. The summed E-state index contributed by atoms with van der Waals surface area (Å²) >= 11 is 0. The first kappa shape index (κ1) is 21.7. The number of benzene rings is 1. The molecule has 1 aliphatic carbocycles. The van der Waals surface area contributed by atoms with Gasteiger partial charge >= 0.3 is 0 Å². The Morgan fingerprint density at radius 2 is 1.88 bits per heavy atom. The average Bonchev–Trinajstić information content (AvgIpc) is 3.37. The molecule has 0 heterocycles. The van der Waals surface area contributed by atoms with E-state index in [2.05, 4.69) is 22.4 Å². The maximum Gasteiger partial charge on any atom is 0.220 e. The van der Waals surface area contributed by atoms with Crippen molar-refractivity contribution in [2.45, 2.75) is 45.6 Å². The molecule has 1 aromatic rings. The topological polar surface area (TPSA) is 126 Å². The molecule has 0 atom stereocenters. The van der Waals surface area contributed by atoms with Gasteiger partial charge in [0.25, 0.3) is 0 Å². The van der Waals surface area contributed by atoms with Gasteiger partial charge in [0.1, 0.15) is 0 Å². The molecule has 26 heavy (non-hydrogen) atoms. The molecule has 1 aliphatic rings. The second-order valence-electron chi connectivity index (χ2n) is 7.04. The Kier molecular flexibility index (Phi) is 8.28. The van der Waals surface area contributed by atoms with Crippen molar-refractivity contribution in [1.29, 1.82) is 0 Å². The van der Waals surface area contributed by atoms with Gasteiger partial charge in [-0.15, -0.1) is 0 Å². The third-order valence-electron chi connectivity index (χ3n) is 3.97. The molecule has 144 valence electrons. The number of aliphatic hydroxyl groups is 1. The van der Waals surface area contributed by atoms with E-state index in [9.17, 15) is 4.79 Å². The zero-order valence-corrected chi connectivity index (χ0v) is 15.9. The lowest BCUT2D eigenvalue weighted by Crippen LogP contribution is -2.35. The summed E-state index contributed by atoms with van der Waals surface area (Å²) in [5.74, 6) is 11.5. The third-order valence-corrected chi connectivity index (χ3v) is 3.97. The van der Waals surface area contributed by atoms with Gasteiger partial charge in [0, 0.05) is 12.0 Å². The highest BCUT2D eigenvalue weighted by Crippen LogP contribution is 2.45. The molecule has 0 saturated heterocycles. The van der Waals surface area contributed by atoms with Crippen LogP contribution < -0.4 is 22.4 Å². The first-order chi connectivity index (χ1) is 12.3. The van der Waals surface area contributed by atoms with Crippen LogP contribution in [0.2, 0.25) is 0 Å². The second-order valence-corrected chi connectivity index (χ2v) is 7.04. The maximum absolute atomic E-state index is 12.0. The van der Waals surface area contributed by atoms with Gasteiger partial charge in [-0.1, -0.05) is 50.3 Å². The van der Waals surface area contributed by atoms with Crippen LogP contribution >= 0.6 is 0 Å². The summed E-state index contributed by atoms with van der Waals surface area (Å²) in [6, 6.07) is 7.77. The van der Waals surface area contributed by atoms with Crippen LogP contribution in [0.3, 0.4) is 0 Å². The van der Waals surface area contributed by atoms with Crippen LogP contribution in [-0.2, 0) is 10.3 Å². The lowest BCUT2D eigenvalue weighted by atomic mass is 10.0. The van der Waals surface area contributed by atoms with Gasteiger partial charge < -0.3 is 21.7 Å². The number of carbonyl (C=O) groups is 1. The summed E-state index contributed by atoms with van der Waals surface area (Å²) in [6.07, 6.45) is 2.51. The first-order valence-electron chi connectivity index (χ1n) is 8.69. The molecule has 7 N–H and O–H groups in total. The van der Waals surface area contributed by atoms with Gasteiger partial charge in [-0.2, -0.15) is 5.10 Å². The number of amides is 1. The van der Waals surface area contributed by atoms with Crippen molar-refractivity contribution in [3.05, 3.63) is 47.5 Å². The van der Waals surface area contributed by atoms with Crippen LogP contribution in [0.25, 0.3) is 0 Å². The summed E-state index contributed by atoms with van der Waals surface area (Å²) in [4.78, 5) is 12.0. The van der Waals surface area contributed by atoms with E-state index in [1.165, 1.54) is 0 Å². The van der Waals surface area contributed by atoms with E-state index in [1.807, 2.05) is 38.1 Å². The molecule has 1 aromatic carbocycles. The molecule has 0 aromatic heterocycles. The number of hydrazine groups is 1. The quantitative estimate of drug-likeness (QED) is 0.172. The monoisotopic (exact) mass is 361 g/mol. The summed E-state index contributed by atoms with van der Waals surface area (Å²) < 4.78 is 0. The van der Waals surface area contributed by atoms with E-state index in [-0.39, 0.29) is 18.1 Å². The summed E-state index contributed by atoms with van der Waals surface area (Å²) in [6.45, 7) is 9.40. The molecular weight excluding hydrogens is 330 g/mol. The second kappa shape index (κ2) is 9.94. The zero-order chi connectivity index (χ0) is 19.7.